The molecule has 0 bridgehead atoms. The quantitative estimate of drug-likeness (QED) is 0.661. The molecular formula is C14H10BrClFNO2. The second kappa shape index (κ2) is 6.24. The molecule has 0 aliphatic carbocycles. The van der Waals surface area contributed by atoms with Crippen LogP contribution in [0.2, 0.25) is 5.02 Å². The molecule has 2 aromatic carbocycles. The second-order valence-corrected chi connectivity index (χ2v) is 5.31. The molecule has 0 heterocycles. The van der Waals surface area contributed by atoms with Crippen LogP contribution >= 0.6 is 27.5 Å². The minimum absolute atomic E-state index is 0.0425. The Bertz CT molecular complexity index is 664. The second-order valence-electron chi connectivity index (χ2n) is 4.05. The summed E-state index contributed by atoms with van der Waals surface area (Å²) in [6.45, 7) is -0.0425. The van der Waals surface area contributed by atoms with Crippen LogP contribution in [0.4, 0.5) is 10.1 Å². The Labute approximate surface area is 128 Å². The lowest BCUT2D eigenvalue weighted by Gasteiger charge is -2.08. The number of rotatable bonds is 3. The summed E-state index contributed by atoms with van der Waals surface area (Å²) in [5.41, 5.74) is 6.93. The fraction of sp³-hybridized carbons (Fsp3) is 0.0714. The van der Waals surface area contributed by atoms with Crippen LogP contribution in [0, 0.1) is 5.82 Å². The first-order chi connectivity index (χ1) is 9.47. The minimum Gasteiger partial charge on any atom is -0.457 e. The van der Waals surface area contributed by atoms with Gasteiger partial charge in [-0.3, -0.25) is 0 Å². The van der Waals surface area contributed by atoms with Crippen molar-refractivity contribution in [1.82, 2.24) is 0 Å². The molecule has 2 rings (SSSR count). The van der Waals surface area contributed by atoms with Crippen molar-refractivity contribution < 1.29 is 13.9 Å². The molecule has 0 aromatic heterocycles. The van der Waals surface area contributed by atoms with E-state index in [-0.39, 0.29) is 11.6 Å². The molecule has 0 saturated carbocycles. The molecule has 0 aliphatic heterocycles. The van der Waals surface area contributed by atoms with Crippen molar-refractivity contribution in [1.29, 1.82) is 0 Å². The maximum Gasteiger partial charge on any atom is 0.339 e. The van der Waals surface area contributed by atoms with Gasteiger partial charge in [0.05, 0.1) is 10.6 Å². The van der Waals surface area contributed by atoms with Gasteiger partial charge in [0.15, 0.2) is 0 Å². The number of carbonyl (C=O) groups is 1. The van der Waals surface area contributed by atoms with Crippen molar-refractivity contribution in [2.24, 2.45) is 0 Å². The summed E-state index contributed by atoms with van der Waals surface area (Å²) in [4.78, 5) is 11.9. The Morgan fingerprint density at radius 2 is 2.05 bits per heavy atom. The fourth-order valence-electron chi connectivity index (χ4n) is 1.56. The van der Waals surface area contributed by atoms with Crippen molar-refractivity contribution in [3.63, 3.8) is 0 Å². The van der Waals surface area contributed by atoms with E-state index in [4.69, 9.17) is 22.1 Å². The lowest BCUT2D eigenvalue weighted by molar-refractivity contribution is 0.0472. The lowest BCUT2D eigenvalue weighted by atomic mass is 10.2. The number of carbonyl (C=O) groups excluding carboxylic acids is 1. The summed E-state index contributed by atoms with van der Waals surface area (Å²) in [6.07, 6.45) is 0. The Hall–Kier alpha value is -1.59. The first kappa shape index (κ1) is 14.8. The van der Waals surface area contributed by atoms with E-state index in [0.717, 1.165) is 0 Å². The molecule has 0 spiro atoms. The van der Waals surface area contributed by atoms with E-state index in [2.05, 4.69) is 15.9 Å². The Morgan fingerprint density at radius 3 is 2.75 bits per heavy atom. The van der Waals surface area contributed by atoms with E-state index in [1.165, 1.54) is 24.3 Å². The van der Waals surface area contributed by atoms with Crippen LogP contribution in [0.5, 0.6) is 0 Å². The molecule has 0 radical (unpaired) electrons. The molecule has 2 N–H and O–H groups in total. The number of anilines is 1. The zero-order valence-corrected chi connectivity index (χ0v) is 12.5. The van der Waals surface area contributed by atoms with Crippen LogP contribution < -0.4 is 5.73 Å². The molecule has 104 valence electrons. The lowest BCUT2D eigenvalue weighted by Crippen LogP contribution is -2.07. The topological polar surface area (TPSA) is 52.3 Å². The molecule has 20 heavy (non-hydrogen) atoms. The third kappa shape index (κ3) is 3.49. The molecule has 0 unspecified atom stereocenters. The Kier molecular flexibility index (Phi) is 4.62. The van der Waals surface area contributed by atoms with Gasteiger partial charge < -0.3 is 10.5 Å². The average molecular weight is 359 g/mol. The first-order valence-electron chi connectivity index (χ1n) is 5.63. The monoisotopic (exact) mass is 357 g/mol. The number of esters is 1. The van der Waals surface area contributed by atoms with E-state index in [0.29, 0.717) is 21.3 Å². The maximum atomic E-state index is 12.9. The number of nitrogens with two attached hydrogens (primary N) is 1. The molecular weight excluding hydrogens is 349 g/mol. The van der Waals surface area contributed by atoms with Crippen LogP contribution in [0.1, 0.15) is 15.9 Å². The van der Waals surface area contributed by atoms with Crippen LogP contribution in [0.25, 0.3) is 0 Å². The largest absolute Gasteiger partial charge is 0.457 e. The summed E-state index contributed by atoms with van der Waals surface area (Å²) in [6, 6.07) is 8.74. The van der Waals surface area contributed by atoms with E-state index in [9.17, 15) is 9.18 Å². The van der Waals surface area contributed by atoms with E-state index >= 15 is 0 Å². The highest BCUT2D eigenvalue weighted by Gasteiger charge is 2.13. The standard InChI is InChI=1S/C14H10BrClFNO2/c15-12-4-3-10(18)6-11(12)14(19)20-7-8-1-2-9(17)5-13(8)16/h1-6H,7,18H2. The number of nitrogen functional groups attached to an aromatic ring is 1. The zero-order valence-electron chi connectivity index (χ0n) is 10.2. The van der Waals surface area contributed by atoms with Crippen molar-refractivity contribution in [3.8, 4) is 0 Å². The highest BCUT2D eigenvalue weighted by Crippen LogP contribution is 2.22. The summed E-state index contributed by atoms with van der Waals surface area (Å²) in [5.74, 6) is -0.978. The smallest absolute Gasteiger partial charge is 0.339 e. The minimum atomic E-state index is -0.537. The molecule has 0 fully saturated rings. The molecule has 2 aromatic rings. The van der Waals surface area contributed by atoms with Gasteiger partial charge >= 0.3 is 5.97 Å². The first-order valence-corrected chi connectivity index (χ1v) is 6.80. The average Bonchev–Trinajstić information content (AvgIpc) is 2.40. The van der Waals surface area contributed by atoms with Gasteiger partial charge in [-0.05, 0) is 46.3 Å². The predicted molar refractivity (Wildman–Crippen MR) is 79.1 cm³/mol. The van der Waals surface area contributed by atoms with E-state index in [1.54, 1.807) is 12.1 Å². The maximum absolute atomic E-state index is 12.9. The van der Waals surface area contributed by atoms with E-state index in [1.807, 2.05) is 0 Å². The zero-order chi connectivity index (χ0) is 14.7. The Balaban J connectivity index is 2.10. The highest BCUT2D eigenvalue weighted by molar-refractivity contribution is 9.10. The van der Waals surface area contributed by atoms with Crippen LogP contribution in [-0.4, -0.2) is 5.97 Å². The third-order valence-corrected chi connectivity index (χ3v) is 3.63. The van der Waals surface area contributed by atoms with Gasteiger partial charge in [0.2, 0.25) is 0 Å². The highest BCUT2D eigenvalue weighted by atomic mass is 79.9. The van der Waals surface area contributed by atoms with Gasteiger partial charge in [-0.2, -0.15) is 0 Å². The summed E-state index contributed by atoms with van der Waals surface area (Å²) in [5, 5.41) is 0.212. The number of hydrogen-bond acceptors (Lipinski definition) is 3. The van der Waals surface area contributed by atoms with Gasteiger partial charge in [-0.25, -0.2) is 9.18 Å². The van der Waals surface area contributed by atoms with Crippen molar-refractivity contribution in [2.45, 2.75) is 6.61 Å². The van der Waals surface area contributed by atoms with Gasteiger partial charge in [-0.15, -0.1) is 0 Å². The van der Waals surface area contributed by atoms with Crippen LogP contribution in [0.3, 0.4) is 0 Å². The number of benzene rings is 2. The predicted octanol–water partition coefficient (Wildman–Crippen LogP) is 4.18. The van der Waals surface area contributed by atoms with Crippen LogP contribution in [-0.2, 0) is 11.3 Å². The summed E-state index contributed by atoms with van der Waals surface area (Å²) < 4.78 is 18.6. The summed E-state index contributed by atoms with van der Waals surface area (Å²) >= 11 is 9.10. The molecule has 3 nitrogen and oxygen atoms in total. The summed E-state index contributed by atoms with van der Waals surface area (Å²) in [7, 11) is 0. The fourth-order valence-corrected chi connectivity index (χ4v) is 2.19. The van der Waals surface area contributed by atoms with E-state index < -0.39 is 11.8 Å². The number of halogens is 3. The molecule has 0 amide bonds. The normalized spacial score (nSPS) is 10.3. The molecule has 0 saturated heterocycles. The van der Waals surface area contributed by atoms with Crippen LogP contribution in [0.15, 0.2) is 40.9 Å². The van der Waals surface area contributed by atoms with Gasteiger partial charge in [-0.1, -0.05) is 17.7 Å². The van der Waals surface area contributed by atoms with Crippen molar-refractivity contribution >= 4 is 39.2 Å². The SMILES string of the molecule is Nc1ccc(Br)c(C(=O)OCc2ccc(F)cc2Cl)c1. The number of ether oxygens (including phenoxy) is 1. The molecule has 6 heteroatoms. The Morgan fingerprint density at radius 1 is 1.30 bits per heavy atom. The van der Waals surface area contributed by atoms with Gasteiger partial charge in [0.25, 0.3) is 0 Å². The molecule has 0 aliphatic rings. The third-order valence-electron chi connectivity index (χ3n) is 2.58. The van der Waals surface area contributed by atoms with Gasteiger partial charge in [0.1, 0.15) is 12.4 Å². The van der Waals surface area contributed by atoms with Gasteiger partial charge in [0, 0.05) is 15.7 Å². The van der Waals surface area contributed by atoms with Crippen molar-refractivity contribution in [3.05, 3.63) is 62.8 Å². The van der Waals surface area contributed by atoms with Crippen molar-refractivity contribution in [2.75, 3.05) is 5.73 Å². The number of hydrogen-bond donors (Lipinski definition) is 1. The molecule has 0 atom stereocenters.